The van der Waals surface area contributed by atoms with Crippen LogP contribution in [0.25, 0.3) is 0 Å². The fourth-order valence-corrected chi connectivity index (χ4v) is 3.01. The highest BCUT2D eigenvalue weighted by molar-refractivity contribution is 7.83. The van der Waals surface area contributed by atoms with Crippen molar-refractivity contribution in [2.24, 2.45) is 12.0 Å². The molecular formula is C14H14FN3O3S. The second kappa shape index (κ2) is 6.18. The lowest BCUT2D eigenvalue weighted by Crippen LogP contribution is -2.41. The third kappa shape index (κ3) is 3.11. The molecule has 0 spiro atoms. The van der Waals surface area contributed by atoms with Gasteiger partial charge in [-0.25, -0.2) is 17.4 Å². The SMILES string of the molecule is CC(=O)N=c1c(F)cn(S(=O)c2cccc(C)c2)c(=O)n1C. The Kier molecular flexibility index (Phi) is 4.51. The average molecular weight is 323 g/mol. The van der Waals surface area contributed by atoms with Gasteiger partial charge in [-0.2, -0.15) is 4.99 Å². The van der Waals surface area contributed by atoms with Gasteiger partial charge >= 0.3 is 5.69 Å². The van der Waals surface area contributed by atoms with E-state index in [1.54, 1.807) is 18.2 Å². The Morgan fingerprint density at radius 1 is 1.36 bits per heavy atom. The van der Waals surface area contributed by atoms with Gasteiger partial charge in [0, 0.05) is 14.0 Å². The summed E-state index contributed by atoms with van der Waals surface area (Å²) in [7, 11) is -0.632. The lowest BCUT2D eigenvalue weighted by molar-refractivity contribution is -0.116. The first kappa shape index (κ1) is 16.0. The number of rotatable bonds is 2. The molecule has 1 atom stereocenters. The molecule has 0 aliphatic heterocycles. The van der Waals surface area contributed by atoms with Crippen molar-refractivity contribution in [2.75, 3.05) is 0 Å². The van der Waals surface area contributed by atoms with Crippen molar-refractivity contribution in [3.05, 3.63) is 57.8 Å². The molecule has 1 heterocycles. The van der Waals surface area contributed by atoms with Crippen molar-refractivity contribution in [3.8, 4) is 0 Å². The van der Waals surface area contributed by atoms with E-state index in [2.05, 4.69) is 4.99 Å². The number of aromatic nitrogens is 2. The predicted octanol–water partition coefficient (Wildman–Crippen LogP) is 0.652. The third-order valence-corrected chi connectivity index (χ3v) is 4.15. The van der Waals surface area contributed by atoms with Crippen LogP contribution in [0.15, 0.2) is 45.1 Å². The lowest BCUT2D eigenvalue weighted by atomic mass is 10.2. The molecule has 0 N–H and O–H groups in total. The van der Waals surface area contributed by atoms with Gasteiger partial charge in [0.15, 0.2) is 22.3 Å². The molecule has 22 heavy (non-hydrogen) atoms. The third-order valence-electron chi connectivity index (χ3n) is 2.87. The van der Waals surface area contributed by atoms with Crippen LogP contribution in [0, 0.1) is 12.7 Å². The molecule has 1 aromatic carbocycles. The molecule has 2 rings (SSSR count). The lowest BCUT2D eigenvalue weighted by Gasteiger charge is -2.09. The van der Waals surface area contributed by atoms with Crippen molar-refractivity contribution < 1.29 is 13.4 Å². The zero-order chi connectivity index (χ0) is 16.4. The molecule has 2 aromatic rings. The van der Waals surface area contributed by atoms with E-state index in [0.717, 1.165) is 27.2 Å². The van der Waals surface area contributed by atoms with Crippen LogP contribution >= 0.6 is 0 Å². The quantitative estimate of drug-likeness (QED) is 0.814. The standard InChI is InChI=1S/C14H14FN3O3S/c1-9-5-4-6-11(7-9)22(21)18-8-12(15)13(16-10(2)19)17(3)14(18)20/h4-8H,1-3H3. The number of halogens is 1. The molecule has 8 heteroatoms. The van der Waals surface area contributed by atoms with Crippen molar-refractivity contribution in [2.45, 2.75) is 18.7 Å². The minimum Gasteiger partial charge on any atom is -0.278 e. The first-order chi connectivity index (χ1) is 10.3. The molecule has 6 nitrogen and oxygen atoms in total. The van der Waals surface area contributed by atoms with E-state index in [-0.39, 0.29) is 0 Å². The first-order valence-corrected chi connectivity index (χ1v) is 7.44. The van der Waals surface area contributed by atoms with Gasteiger partial charge in [0.1, 0.15) is 0 Å². The van der Waals surface area contributed by atoms with Gasteiger partial charge < -0.3 is 0 Å². The van der Waals surface area contributed by atoms with E-state index < -0.39 is 33.9 Å². The van der Waals surface area contributed by atoms with Gasteiger partial charge in [-0.15, -0.1) is 0 Å². The van der Waals surface area contributed by atoms with Gasteiger partial charge in [0.25, 0.3) is 0 Å². The zero-order valence-electron chi connectivity index (χ0n) is 12.2. The first-order valence-electron chi connectivity index (χ1n) is 6.33. The van der Waals surface area contributed by atoms with Crippen molar-refractivity contribution in [3.63, 3.8) is 0 Å². The average Bonchev–Trinajstić information content (AvgIpc) is 2.46. The highest BCUT2D eigenvalue weighted by Gasteiger charge is 2.14. The highest BCUT2D eigenvalue weighted by Crippen LogP contribution is 2.09. The maximum Gasteiger partial charge on any atom is 0.341 e. The van der Waals surface area contributed by atoms with Crippen molar-refractivity contribution >= 4 is 16.9 Å². The molecule has 0 radical (unpaired) electrons. The normalized spacial score (nSPS) is 13.2. The monoisotopic (exact) mass is 323 g/mol. The summed E-state index contributed by atoms with van der Waals surface area (Å²) >= 11 is 0. The Morgan fingerprint density at radius 2 is 2.05 bits per heavy atom. The van der Waals surface area contributed by atoms with Crippen LogP contribution in [0.1, 0.15) is 12.5 Å². The minimum absolute atomic E-state index is 0.373. The summed E-state index contributed by atoms with van der Waals surface area (Å²) in [6, 6.07) is 6.75. The second-order valence-corrected chi connectivity index (χ2v) is 6.03. The van der Waals surface area contributed by atoms with Crippen LogP contribution in [0.3, 0.4) is 0 Å². The number of aryl methyl sites for hydroxylation is 1. The van der Waals surface area contributed by atoms with E-state index in [0.29, 0.717) is 4.90 Å². The summed E-state index contributed by atoms with van der Waals surface area (Å²) in [5.41, 5.74) is -0.261. The van der Waals surface area contributed by atoms with Gasteiger partial charge in [0.2, 0.25) is 5.91 Å². The molecule has 0 saturated heterocycles. The number of carbonyl (C=O) groups excluding carboxylic acids is 1. The summed E-state index contributed by atoms with van der Waals surface area (Å²) < 4.78 is 28.1. The summed E-state index contributed by atoms with van der Waals surface area (Å²) in [6.45, 7) is 2.97. The molecule has 0 bridgehead atoms. The van der Waals surface area contributed by atoms with Crippen molar-refractivity contribution in [1.82, 2.24) is 8.54 Å². The molecule has 0 fully saturated rings. The van der Waals surface area contributed by atoms with Crippen LogP contribution in [-0.2, 0) is 22.8 Å². The Bertz CT molecular complexity index is 899. The van der Waals surface area contributed by atoms with E-state index in [4.69, 9.17) is 0 Å². The van der Waals surface area contributed by atoms with Crippen molar-refractivity contribution in [1.29, 1.82) is 0 Å². The van der Waals surface area contributed by atoms with Crippen LogP contribution in [0.5, 0.6) is 0 Å². The molecular weight excluding hydrogens is 309 g/mol. The Balaban J connectivity index is 2.66. The maximum absolute atomic E-state index is 14.0. The molecule has 0 aliphatic carbocycles. The number of nitrogens with zero attached hydrogens (tertiary/aromatic N) is 3. The smallest absolute Gasteiger partial charge is 0.278 e. The maximum atomic E-state index is 14.0. The Labute approximate surface area is 128 Å². The number of carbonyl (C=O) groups is 1. The summed E-state index contributed by atoms with van der Waals surface area (Å²) in [5.74, 6) is -1.54. The Hall–Kier alpha value is -2.35. The Morgan fingerprint density at radius 3 is 2.64 bits per heavy atom. The van der Waals surface area contributed by atoms with Gasteiger partial charge in [-0.1, -0.05) is 12.1 Å². The fraction of sp³-hybridized carbons (Fsp3) is 0.214. The highest BCUT2D eigenvalue weighted by atomic mass is 32.2. The van der Waals surface area contributed by atoms with E-state index in [1.807, 2.05) is 13.0 Å². The van der Waals surface area contributed by atoms with Crippen LogP contribution < -0.4 is 11.2 Å². The molecule has 0 aliphatic rings. The minimum atomic E-state index is -1.89. The van der Waals surface area contributed by atoms with E-state index in [9.17, 15) is 18.2 Å². The number of amides is 1. The predicted molar refractivity (Wildman–Crippen MR) is 78.9 cm³/mol. The van der Waals surface area contributed by atoms with Crippen LogP contribution in [0.2, 0.25) is 0 Å². The second-order valence-electron chi connectivity index (χ2n) is 4.66. The number of benzene rings is 1. The summed E-state index contributed by atoms with van der Waals surface area (Å²) in [6.07, 6.45) is 0.794. The molecule has 1 unspecified atom stereocenters. The zero-order valence-corrected chi connectivity index (χ0v) is 13.1. The molecule has 1 aromatic heterocycles. The van der Waals surface area contributed by atoms with E-state index in [1.165, 1.54) is 7.05 Å². The van der Waals surface area contributed by atoms with Gasteiger partial charge in [0.05, 0.1) is 11.1 Å². The molecule has 0 saturated carbocycles. The van der Waals surface area contributed by atoms with Crippen LogP contribution in [-0.4, -0.2) is 18.7 Å². The van der Waals surface area contributed by atoms with Gasteiger partial charge in [-0.3, -0.25) is 9.36 Å². The number of hydrogen-bond donors (Lipinski definition) is 0. The fourth-order valence-electron chi connectivity index (χ4n) is 1.85. The van der Waals surface area contributed by atoms with Crippen LogP contribution in [0.4, 0.5) is 4.39 Å². The molecule has 1 amide bonds. The van der Waals surface area contributed by atoms with Gasteiger partial charge in [-0.05, 0) is 24.6 Å². The summed E-state index contributed by atoms with van der Waals surface area (Å²) in [5, 5.41) is 0. The largest absolute Gasteiger partial charge is 0.341 e. The van der Waals surface area contributed by atoms with E-state index >= 15 is 0 Å². The summed E-state index contributed by atoms with van der Waals surface area (Å²) in [4.78, 5) is 27.0. The topological polar surface area (TPSA) is 73.4 Å². The molecule has 116 valence electrons. The number of hydrogen-bond acceptors (Lipinski definition) is 3.